The third-order valence-electron chi connectivity index (χ3n) is 4.50. The van der Waals surface area contributed by atoms with Gasteiger partial charge in [0.05, 0.1) is 24.2 Å². The highest BCUT2D eigenvalue weighted by Gasteiger charge is 2.27. The van der Waals surface area contributed by atoms with Crippen LogP contribution >= 0.6 is 24.0 Å². The fourth-order valence-corrected chi connectivity index (χ4v) is 3.09. The highest BCUT2D eigenvalue weighted by molar-refractivity contribution is 14.0. The van der Waals surface area contributed by atoms with Crippen LogP contribution in [0, 0.1) is 23.1 Å². The molecule has 8 heteroatoms. The number of nitrogens with one attached hydrogen (secondary N) is 2. The molecule has 28 heavy (non-hydrogen) atoms. The van der Waals surface area contributed by atoms with E-state index in [-0.39, 0.29) is 41.8 Å². The number of hydrogen-bond acceptors (Lipinski definition) is 4. The fourth-order valence-electron chi connectivity index (χ4n) is 3.09. The van der Waals surface area contributed by atoms with Gasteiger partial charge >= 0.3 is 0 Å². The zero-order valence-corrected chi connectivity index (χ0v) is 17.9. The van der Waals surface area contributed by atoms with Gasteiger partial charge in [0.2, 0.25) is 0 Å². The van der Waals surface area contributed by atoms with Gasteiger partial charge in [0.15, 0.2) is 5.96 Å². The molecule has 148 valence electrons. The monoisotopic (exact) mass is 495 g/mol. The van der Waals surface area contributed by atoms with Gasteiger partial charge in [0, 0.05) is 25.4 Å². The molecule has 1 aromatic carbocycles. The molecule has 2 N–H and O–H groups in total. The molecule has 1 saturated carbocycles. The molecular formula is C20H23FIN5O. The van der Waals surface area contributed by atoms with Crippen LogP contribution in [0.2, 0.25) is 0 Å². The number of nitrogens with zero attached hydrogens (tertiary/aromatic N) is 3. The molecule has 2 atom stereocenters. The van der Waals surface area contributed by atoms with Crippen LogP contribution in [0.25, 0.3) is 0 Å². The lowest BCUT2D eigenvalue weighted by molar-refractivity contribution is 0.478. The second-order valence-electron chi connectivity index (χ2n) is 6.38. The van der Waals surface area contributed by atoms with E-state index < -0.39 is 0 Å². The Morgan fingerprint density at radius 1 is 1.29 bits per heavy atom. The summed E-state index contributed by atoms with van der Waals surface area (Å²) in [6.45, 7) is 0.463. The lowest BCUT2D eigenvalue weighted by Crippen LogP contribution is -2.44. The van der Waals surface area contributed by atoms with Crippen LogP contribution in [0.1, 0.15) is 25.0 Å². The number of rotatable bonds is 5. The van der Waals surface area contributed by atoms with E-state index in [0.29, 0.717) is 24.0 Å². The van der Waals surface area contributed by atoms with Gasteiger partial charge in [-0.25, -0.2) is 4.39 Å². The fraction of sp³-hybridized carbons (Fsp3) is 0.350. The van der Waals surface area contributed by atoms with Gasteiger partial charge in [-0.3, -0.25) is 9.98 Å². The first-order chi connectivity index (χ1) is 13.2. The average molecular weight is 495 g/mol. The van der Waals surface area contributed by atoms with Crippen LogP contribution in [0.3, 0.4) is 0 Å². The number of ether oxygens (including phenoxy) is 1. The Morgan fingerprint density at radius 3 is 2.79 bits per heavy atom. The number of halogens is 2. The van der Waals surface area contributed by atoms with Gasteiger partial charge in [0.25, 0.3) is 0 Å². The summed E-state index contributed by atoms with van der Waals surface area (Å²) in [5.74, 6) is 1.55. The SMILES string of the molecule is CN=C(NCc1cc(Oc2ccc(F)cc2)ccn1)NC1CCCC1C#N.I. The molecule has 1 aliphatic carbocycles. The highest BCUT2D eigenvalue weighted by atomic mass is 127. The van der Waals surface area contributed by atoms with Crippen molar-refractivity contribution < 1.29 is 9.13 Å². The van der Waals surface area contributed by atoms with Gasteiger partial charge in [-0.1, -0.05) is 0 Å². The average Bonchev–Trinajstić information content (AvgIpc) is 3.14. The molecule has 3 rings (SSSR count). The maximum atomic E-state index is 13.0. The summed E-state index contributed by atoms with van der Waals surface area (Å²) in [6.07, 6.45) is 4.61. The molecule has 0 saturated heterocycles. The number of pyridine rings is 1. The third-order valence-corrected chi connectivity index (χ3v) is 4.50. The molecule has 0 radical (unpaired) electrons. The predicted molar refractivity (Wildman–Crippen MR) is 116 cm³/mol. The van der Waals surface area contributed by atoms with Crippen molar-refractivity contribution in [3.8, 4) is 17.6 Å². The second-order valence-corrected chi connectivity index (χ2v) is 6.38. The Balaban J connectivity index is 0.00000280. The lowest BCUT2D eigenvalue weighted by Gasteiger charge is -2.19. The Kier molecular flexibility index (Phi) is 8.44. The maximum absolute atomic E-state index is 13.0. The van der Waals surface area contributed by atoms with E-state index in [4.69, 9.17) is 4.74 Å². The number of benzene rings is 1. The van der Waals surface area contributed by atoms with Gasteiger partial charge in [-0.2, -0.15) is 5.26 Å². The molecule has 1 fully saturated rings. The van der Waals surface area contributed by atoms with Gasteiger partial charge in [-0.15, -0.1) is 24.0 Å². The van der Waals surface area contributed by atoms with Gasteiger partial charge in [-0.05, 0) is 49.6 Å². The zero-order chi connectivity index (χ0) is 19.1. The number of guanidine groups is 1. The first-order valence-corrected chi connectivity index (χ1v) is 8.93. The van der Waals surface area contributed by atoms with E-state index in [9.17, 15) is 9.65 Å². The number of nitriles is 1. The lowest BCUT2D eigenvalue weighted by atomic mass is 10.1. The maximum Gasteiger partial charge on any atom is 0.191 e. The third kappa shape index (κ3) is 6.05. The zero-order valence-electron chi connectivity index (χ0n) is 15.6. The molecule has 0 spiro atoms. The summed E-state index contributed by atoms with van der Waals surface area (Å²) >= 11 is 0. The molecular weight excluding hydrogens is 472 g/mol. The summed E-state index contributed by atoms with van der Waals surface area (Å²) in [7, 11) is 1.70. The van der Waals surface area contributed by atoms with Crippen LogP contribution in [0.5, 0.6) is 11.5 Å². The van der Waals surface area contributed by atoms with Crippen LogP contribution < -0.4 is 15.4 Å². The van der Waals surface area contributed by atoms with E-state index >= 15 is 0 Å². The highest BCUT2D eigenvalue weighted by Crippen LogP contribution is 2.25. The minimum atomic E-state index is -0.304. The van der Waals surface area contributed by atoms with Crippen molar-refractivity contribution in [3.63, 3.8) is 0 Å². The number of aromatic nitrogens is 1. The first kappa shape index (κ1) is 21.9. The Morgan fingerprint density at radius 2 is 2.07 bits per heavy atom. The molecule has 0 bridgehead atoms. The van der Waals surface area contributed by atoms with Crippen LogP contribution in [0.4, 0.5) is 4.39 Å². The van der Waals surface area contributed by atoms with Crippen molar-refractivity contribution >= 4 is 29.9 Å². The molecule has 0 aliphatic heterocycles. The van der Waals surface area contributed by atoms with Crippen LogP contribution in [0.15, 0.2) is 47.6 Å². The summed E-state index contributed by atoms with van der Waals surface area (Å²) in [5.41, 5.74) is 0.779. The Labute approximate surface area is 181 Å². The summed E-state index contributed by atoms with van der Waals surface area (Å²) in [4.78, 5) is 8.55. The van der Waals surface area contributed by atoms with Crippen LogP contribution in [-0.4, -0.2) is 24.0 Å². The van der Waals surface area contributed by atoms with E-state index in [1.807, 2.05) is 6.07 Å². The van der Waals surface area contributed by atoms with Gasteiger partial charge < -0.3 is 15.4 Å². The molecule has 2 unspecified atom stereocenters. The van der Waals surface area contributed by atoms with E-state index in [2.05, 4.69) is 26.7 Å². The minimum absolute atomic E-state index is 0. The Hall–Kier alpha value is -2.41. The summed E-state index contributed by atoms with van der Waals surface area (Å²) in [5, 5.41) is 15.7. The van der Waals surface area contributed by atoms with Crippen molar-refractivity contribution in [2.75, 3.05) is 7.05 Å². The predicted octanol–water partition coefficient (Wildman–Crippen LogP) is 3.99. The first-order valence-electron chi connectivity index (χ1n) is 8.93. The minimum Gasteiger partial charge on any atom is -0.457 e. The van der Waals surface area contributed by atoms with E-state index in [1.165, 1.54) is 12.1 Å². The summed E-state index contributed by atoms with van der Waals surface area (Å²) in [6, 6.07) is 11.9. The number of aliphatic imine (C=N–C) groups is 1. The van der Waals surface area contributed by atoms with Gasteiger partial charge in [0.1, 0.15) is 17.3 Å². The van der Waals surface area contributed by atoms with Crippen molar-refractivity contribution in [2.45, 2.75) is 31.8 Å². The number of hydrogen-bond donors (Lipinski definition) is 2. The molecule has 1 heterocycles. The Bertz CT molecular complexity index is 837. The standard InChI is InChI=1S/C20H22FN5O.HI/c1-23-20(26-19-4-2-3-14(19)12-22)25-13-16-11-18(9-10-24-16)27-17-7-5-15(21)6-8-17;/h5-11,14,19H,2-4,13H2,1H3,(H2,23,25,26);1H. The molecule has 1 aliphatic rings. The smallest absolute Gasteiger partial charge is 0.191 e. The van der Waals surface area contributed by atoms with Crippen LogP contribution in [-0.2, 0) is 6.54 Å². The van der Waals surface area contributed by atoms with E-state index in [1.54, 1.807) is 31.4 Å². The molecule has 6 nitrogen and oxygen atoms in total. The topological polar surface area (TPSA) is 82.3 Å². The van der Waals surface area contributed by atoms with Crippen molar-refractivity contribution in [1.82, 2.24) is 15.6 Å². The molecule has 1 aromatic heterocycles. The summed E-state index contributed by atoms with van der Waals surface area (Å²) < 4.78 is 18.7. The van der Waals surface area contributed by atoms with Crippen molar-refractivity contribution in [1.29, 1.82) is 5.26 Å². The van der Waals surface area contributed by atoms with Crippen molar-refractivity contribution in [2.24, 2.45) is 10.9 Å². The second kappa shape index (κ2) is 10.8. The largest absolute Gasteiger partial charge is 0.457 e. The molecule has 2 aromatic rings. The van der Waals surface area contributed by atoms with E-state index in [0.717, 1.165) is 25.0 Å². The van der Waals surface area contributed by atoms with Crippen molar-refractivity contribution in [3.05, 3.63) is 54.1 Å². The molecule has 0 amide bonds. The quantitative estimate of drug-likeness (QED) is 0.373. The normalized spacial score (nSPS) is 18.7.